The van der Waals surface area contributed by atoms with Crippen LogP contribution in [-0.2, 0) is 6.54 Å². The van der Waals surface area contributed by atoms with Crippen molar-refractivity contribution < 1.29 is 0 Å². The second-order valence-corrected chi connectivity index (χ2v) is 8.17. The molecule has 0 bridgehead atoms. The molecule has 138 valence electrons. The standard InChI is InChI=1S/C21H27N3S2/c25-21(22-13-16-26-20-9-5-2-6-10-20)23-19-11-14-24(15-12-19)17-18-7-3-1-4-8-18/h1-10,19H,11-17H2,(H2,22,23,25). The van der Waals surface area contributed by atoms with Crippen LogP contribution in [-0.4, -0.2) is 41.4 Å². The molecule has 0 saturated carbocycles. The molecule has 0 amide bonds. The van der Waals surface area contributed by atoms with Crippen molar-refractivity contribution in [2.45, 2.75) is 30.3 Å². The predicted octanol–water partition coefficient (Wildman–Crippen LogP) is 3.91. The van der Waals surface area contributed by atoms with Crippen LogP contribution < -0.4 is 10.6 Å². The third-order valence-electron chi connectivity index (χ3n) is 4.57. The van der Waals surface area contributed by atoms with Gasteiger partial charge in [0.15, 0.2) is 5.11 Å². The number of thiocarbonyl (C=S) groups is 1. The molecular formula is C21H27N3S2. The molecule has 1 saturated heterocycles. The van der Waals surface area contributed by atoms with Gasteiger partial charge in [-0.05, 0) is 42.8 Å². The number of nitrogens with one attached hydrogen (secondary N) is 2. The van der Waals surface area contributed by atoms with Gasteiger partial charge in [0.2, 0.25) is 0 Å². The second-order valence-electron chi connectivity index (χ2n) is 6.60. The van der Waals surface area contributed by atoms with E-state index in [1.807, 2.05) is 17.8 Å². The van der Waals surface area contributed by atoms with E-state index in [-0.39, 0.29) is 0 Å². The number of hydrogen-bond donors (Lipinski definition) is 2. The van der Waals surface area contributed by atoms with Crippen LogP contribution in [0.3, 0.4) is 0 Å². The molecule has 3 rings (SSSR count). The Kier molecular flexibility index (Phi) is 7.80. The zero-order valence-electron chi connectivity index (χ0n) is 15.1. The Morgan fingerprint density at radius 3 is 2.35 bits per heavy atom. The molecule has 26 heavy (non-hydrogen) atoms. The first-order valence-electron chi connectivity index (χ1n) is 9.28. The Hall–Kier alpha value is -1.56. The van der Waals surface area contributed by atoms with Crippen LogP contribution >= 0.6 is 24.0 Å². The molecule has 3 nitrogen and oxygen atoms in total. The molecule has 1 aliphatic heterocycles. The summed E-state index contributed by atoms with van der Waals surface area (Å²) in [5, 5.41) is 7.62. The highest BCUT2D eigenvalue weighted by atomic mass is 32.2. The molecule has 0 aromatic heterocycles. The second kappa shape index (κ2) is 10.6. The van der Waals surface area contributed by atoms with E-state index in [0.717, 1.165) is 49.9 Å². The molecule has 1 heterocycles. The van der Waals surface area contributed by atoms with Crippen molar-refractivity contribution in [1.82, 2.24) is 15.5 Å². The monoisotopic (exact) mass is 385 g/mol. The summed E-state index contributed by atoms with van der Waals surface area (Å²) in [4.78, 5) is 3.83. The molecule has 2 aromatic rings. The highest BCUT2D eigenvalue weighted by Crippen LogP contribution is 2.16. The Morgan fingerprint density at radius 2 is 1.65 bits per heavy atom. The summed E-state index contributed by atoms with van der Waals surface area (Å²) in [6.45, 7) is 4.18. The molecule has 5 heteroatoms. The van der Waals surface area contributed by atoms with E-state index in [0.29, 0.717) is 6.04 Å². The molecule has 2 aromatic carbocycles. The first-order valence-corrected chi connectivity index (χ1v) is 10.7. The lowest BCUT2D eigenvalue weighted by molar-refractivity contribution is 0.199. The lowest BCUT2D eigenvalue weighted by Gasteiger charge is -2.33. The van der Waals surface area contributed by atoms with Crippen LogP contribution in [0.5, 0.6) is 0 Å². The summed E-state index contributed by atoms with van der Waals surface area (Å²) in [5.74, 6) is 1.02. The molecule has 0 radical (unpaired) electrons. The molecule has 0 unspecified atom stereocenters. The van der Waals surface area contributed by atoms with Crippen molar-refractivity contribution in [1.29, 1.82) is 0 Å². The van der Waals surface area contributed by atoms with Gasteiger partial charge in [0.1, 0.15) is 0 Å². The van der Waals surface area contributed by atoms with Gasteiger partial charge < -0.3 is 10.6 Å². The minimum atomic E-state index is 0.490. The molecule has 1 fully saturated rings. The van der Waals surface area contributed by atoms with E-state index in [2.05, 4.69) is 70.1 Å². The largest absolute Gasteiger partial charge is 0.362 e. The maximum absolute atomic E-state index is 5.45. The van der Waals surface area contributed by atoms with Crippen molar-refractivity contribution in [3.05, 3.63) is 66.2 Å². The fraction of sp³-hybridized carbons (Fsp3) is 0.381. The third kappa shape index (κ3) is 6.63. The first kappa shape index (κ1) is 19.2. The zero-order valence-corrected chi connectivity index (χ0v) is 16.7. The van der Waals surface area contributed by atoms with Gasteiger partial charge >= 0.3 is 0 Å². The Balaban J connectivity index is 1.28. The van der Waals surface area contributed by atoms with E-state index in [1.165, 1.54) is 10.5 Å². The van der Waals surface area contributed by atoms with Gasteiger partial charge in [0.25, 0.3) is 0 Å². The quantitative estimate of drug-likeness (QED) is 0.428. The van der Waals surface area contributed by atoms with Crippen LogP contribution in [0, 0.1) is 0 Å². The first-order chi connectivity index (χ1) is 12.8. The topological polar surface area (TPSA) is 27.3 Å². The van der Waals surface area contributed by atoms with Crippen LogP contribution in [0.25, 0.3) is 0 Å². The predicted molar refractivity (Wildman–Crippen MR) is 116 cm³/mol. The Bertz CT molecular complexity index is 655. The van der Waals surface area contributed by atoms with E-state index in [9.17, 15) is 0 Å². The zero-order chi connectivity index (χ0) is 18.0. The lowest BCUT2D eigenvalue weighted by atomic mass is 10.0. The maximum atomic E-state index is 5.45. The fourth-order valence-electron chi connectivity index (χ4n) is 3.16. The maximum Gasteiger partial charge on any atom is 0.166 e. The molecule has 0 atom stereocenters. The number of piperidine rings is 1. The van der Waals surface area contributed by atoms with Crippen molar-refractivity contribution in [2.75, 3.05) is 25.4 Å². The average molecular weight is 386 g/mol. The molecule has 0 aliphatic carbocycles. The summed E-state index contributed by atoms with van der Waals surface area (Å²) in [7, 11) is 0. The van der Waals surface area contributed by atoms with E-state index in [4.69, 9.17) is 12.2 Å². The number of rotatable bonds is 7. The number of benzene rings is 2. The molecule has 0 spiro atoms. The van der Waals surface area contributed by atoms with Crippen LogP contribution in [0.15, 0.2) is 65.6 Å². The number of thioether (sulfide) groups is 1. The summed E-state index contributed by atoms with van der Waals surface area (Å²) >= 11 is 7.31. The summed E-state index contributed by atoms with van der Waals surface area (Å²) < 4.78 is 0. The van der Waals surface area contributed by atoms with Gasteiger partial charge in [0.05, 0.1) is 0 Å². The van der Waals surface area contributed by atoms with Crippen LogP contribution in [0.1, 0.15) is 18.4 Å². The molecule has 2 N–H and O–H groups in total. The van der Waals surface area contributed by atoms with Gasteiger partial charge in [-0.25, -0.2) is 0 Å². The summed E-state index contributed by atoms with van der Waals surface area (Å²) in [5.41, 5.74) is 1.40. The Morgan fingerprint density at radius 1 is 1.00 bits per heavy atom. The van der Waals surface area contributed by atoms with Crippen LogP contribution in [0.4, 0.5) is 0 Å². The highest BCUT2D eigenvalue weighted by molar-refractivity contribution is 7.99. The number of likely N-dealkylation sites (tertiary alicyclic amines) is 1. The van der Waals surface area contributed by atoms with Crippen LogP contribution in [0.2, 0.25) is 0 Å². The summed E-state index contributed by atoms with van der Waals surface area (Å²) in [6, 6.07) is 21.7. The lowest BCUT2D eigenvalue weighted by Crippen LogP contribution is -2.47. The minimum Gasteiger partial charge on any atom is -0.362 e. The number of nitrogens with zero attached hydrogens (tertiary/aromatic N) is 1. The van der Waals surface area contributed by atoms with Crippen molar-refractivity contribution >= 4 is 29.1 Å². The van der Waals surface area contributed by atoms with Gasteiger partial charge in [0, 0.05) is 42.9 Å². The van der Waals surface area contributed by atoms with Gasteiger partial charge in [-0.3, -0.25) is 4.90 Å². The average Bonchev–Trinajstić information content (AvgIpc) is 2.68. The smallest absolute Gasteiger partial charge is 0.166 e. The van der Waals surface area contributed by atoms with Crippen molar-refractivity contribution in [2.24, 2.45) is 0 Å². The SMILES string of the molecule is S=C(NCCSc1ccccc1)NC1CCN(Cc2ccccc2)CC1. The van der Waals surface area contributed by atoms with E-state index < -0.39 is 0 Å². The number of hydrogen-bond acceptors (Lipinski definition) is 3. The highest BCUT2D eigenvalue weighted by Gasteiger charge is 2.19. The minimum absolute atomic E-state index is 0.490. The summed E-state index contributed by atoms with van der Waals surface area (Å²) in [6.07, 6.45) is 2.29. The van der Waals surface area contributed by atoms with E-state index >= 15 is 0 Å². The van der Waals surface area contributed by atoms with Gasteiger partial charge in [-0.15, -0.1) is 11.8 Å². The fourth-order valence-corrected chi connectivity index (χ4v) is 4.22. The van der Waals surface area contributed by atoms with Crippen molar-refractivity contribution in [3.63, 3.8) is 0 Å². The Labute approximate surface area is 166 Å². The van der Waals surface area contributed by atoms with E-state index in [1.54, 1.807) is 0 Å². The molecular weight excluding hydrogens is 358 g/mol. The van der Waals surface area contributed by atoms with Gasteiger partial charge in [-0.1, -0.05) is 48.5 Å². The van der Waals surface area contributed by atoms with Crippen molar-refractivity contribution in [3.8, 4) is 0 Å². The third-order valence-corrected chi connectivity index (χ3v) is 5.85. The van der Waals surface area contributed by atoms with Gasteiger partial charge in [-0.2, -0.15) is 0 Å². The molecule has 1 aliphatic rings. The normalized spacial score (nSPS) is 15.5.